The Labute approximate surface area is 104 Å². The molecule has 1 aromatic rings. The molecule has 1 fully saturated rings. The van der Waals surface area contributed by atoms with Crippen LogP contribution in [0.25, 0.3) is 0 Å². The molecule has 0 saturated carbocycles. The Morgan fingerprint density at radius 2 is 1.88 bits per heavy atom. The number of likely N-dealkylation sites (tertiary alicyclic amines) is 1. The van der Waals surface area contributed by atoms with E-state index in [9.17, 15) is 5.11 Å². The average Bonchev–Trinajstić information content (AvgIpc) is 2.40. The summed E-state index contributed by atoms with van der Waals surface area (Å²) in [6, 6.07) is 10.1. The highest BCUT2D eigenvalue weighted by Gasteiger charge is 2.25. The van der Waals surface area contributed by atoms with Crippen LogP contribution < -0.4 is 0 Å². The molecule has 0 spiro atoms. The Kier molecular flexibility index (Phi) is 4.57. The van der Waals surface area contributed by atoms with Gasteiger partial charge in [0.1, 0.15) is 0 Å². The minimum atomic E-state index is -0.278. The van der Waals surface area contributed by atoms with Crippen LogP contribution in [0.3, 0.4) is 0 Å². The summed E-state index contributed by atoms with van der Waals surface area (Å²) in [5.74, 6) is 0.436. The molecule has 2 rings (SSSR count). The highest BCUT2D eigenvalue weighted by atomic mass is 16.3. The van der Waals surface area contributed by atoms with E-state index in [1.165, 1.54) is 13.0 Å². The molecular weight excluding hydrogens is 210 g/mol. The number of aliphatic hydroxyl groups is 1. The summed E-state index contributed by atoms with van der Waals surface area (Å²) in [4.78, 5) is 2.51. The molecule has 0 amide bonds. The number of hydrogen-bond donors (Lipinski definition) is 1. The van der Waals surface area contributed by atoms with Gasteiger partial charge in [0.25, 0.3) is 0 Å². The minimum Gasteiger partial charge on any atom is -0.388 e. The second-order valence-electron chi connectivity index (χ2n) is 5.03. The Hall–Kier alpha value is -0.860. The summed E-state index contributed by atoms with van der Waals surface area (Å²) in [7, 11) is 0. The number of benzene rings is 1. The first-order valence-corrected chi connectivity index (χ1v) is 6.76. The minimum absolute atomic E-state index is 0.278. The first-order chi connectivity index (χ1) is 8.31. The molecule has 1 N–H and O–H groups in total. The number of rotatable bonds is 4. The first kappa shape index (κ1) is 12.6. The third-order valence-electron chi connectivity index (χ3n) is 3.76. The van der Waals surface area contributed by atoms with E-state index in [2.05, 4.69) is 11.8 Å². The van der Waals surface area contributed by atoms with Crippen LogP contribution >= 0.6 is 0 Å². The van der Waals surface area contributed by atoms with Gasteiger partial charge in [-0.05, 0) is 50.4 Å². The van der Waals surface area contributed by atoms with Crippen molar-refractivity contribution in [2.24, 2.45) is 5.92 Å². The fraction of sp³-hybridized carbons (Fsp3) is 0.600. The molecule has 94 valence electrons. The summed E-state index contributed by atoms with van der Waals surface area (Å²) < 4.78 is 0. The molecule has 0 aromatic heterocycles. The fourth-order valence-electron chi connectivity index (χ4n) is 2.73. The van der Waals surface area contributed by atoms with Crippen LogP contribution in [0, 0.1) is 5.92 Å². The summed E-state index contributed by atoms with van der Waals surface area (Å²) in [5.41, 5.74) is 1.07. The molecule has 0 unspecified atom stereocenters. The largest absolute Gasteiger partial charge is 0.388 e. The standard InChI is InChI=1S/C15H23NO/c1-2-10-16-11-8-14(9-12-16)15(17)13-6-4-3-5-7-13/h3-7,14-15,17H,2,8-12H2,1H3/t15-/m0/s1. The zero-order valence-electron chi connectivity index (χ0n) is 10.7. The van der Waals surface area contributed by atoms with E-state index in [1.54, 1.807) is 0 Å². The molecule has 0 radical (unpaired) electrons. The van der Waals surface area contributed by atoms with Crippen LogP contribution in [-0.2, 0) is 0 Å². The average molecular weight is 233 g/mol. The van der Waals surface area contributed by atoms with Gasteiger partial charge in [-0.1, -0.05) is 37.3 Å². The van der Waals surface area contributed by atoms with E-state index in [0.717, 1.165) is 31.5 Å². The highest BCUT2D eigenvalue weighted by Crippen LogP contribution is 2.30. The molecule has 1 aromatic carbocycles. The normalized spacial score (nSPS) is 20.4. The Morgan fingerprint density at radius 1 is 1.24 bits per heavy atom. The van der Waals surface area contributed by atoms with Crippen LogP contribution in [-0.4, -0.2) is 29.6 Å². The predicted octanol–water partition coefficient (Wildman–Crippen LogP) is 2.84. The molecule has 1 aliphatic heterocycles. The molecule has 1 saturated heterocycles. The van der Waals surface area contributed by atoms with E-state index in [-0.39, 0.29) is 6.10 Å². The van der Waals surface area contributed by atoms with Crippen molar-refractivity contribution in [1.82, 2.24) is 4.90 Å². The summed E-state index contributed by atoms with van der Waals surface area (Å²) in [6.45, 7) is 5.71. The zero-order valence-corrected chi connectivity index (χ0v) is 10.7. The van der Waals surface area contributed by atoms with Gasteiger partial charge in [-0.2, -0.15) is 0 Å². The molecule has 2 nitrogen and oxygen atoms in total. The SMILES string of the molecule is CCCN1CCC([C@@H](O)c2ccccc2)CC1. The predicted molar refractivity (Wildman–Crippen MR) is 70.9 cm³/mol. The van der Waals surface area contributed by atoms with Crippen LogP contribution in [0.4, 0.5) is 0 Å². The van der Waals surface area contributed by atoms with Crippen molar-refractivity contribution in [2.45, 2.75) is 32.3 Å². The molecule has 2 heteroatoms. The van der Waals surface area contributed by atoms with E-state index in [0.29, 0.717) is 5.92 Å². The van der Waals surface area contributed by atoms with Crippen molar-refractivity contribution in [3.8, 4) is 0 Å². The van der Waals surface area contributed by atoms with Gasteiger partial charge in [0, 0.05) is 0 Å². The van der Waals surface area contributed by atoms with Crippen LogP contribution in [0.15, 0.2) is 30.3 Å². The monoisotopic (exact) mass is 233 g/mol. The second-order valence-corrected chi connectivity index (χ2v) is 5.03. The van der Waals surface area contributed by atoms with Crippen molar-refractivity contribution in [2.75, 3.05) is 19.6 Å². The lowest BCUT2D eigenvalue weighted by atomic mass is 9.87. The Morgan fingerprint density at radius 3 is 2.47 bits per heavy atom. The van der Waals surface area contributed by atoms with Crippen LogP contribution in [0.2, 0.25) is 0 Å². The topological polar surface area (TPSA) is 23.5 Å². The number of nitrogens with zero attached hydrogens (tertiary/aromatic N) is 1. The third kappa shape index (κ3) is 3.30. The maximum atomic E-state index is 10.3. The van der Waals surface area contributed by atoms with Gasteiger partial charge in [-0.3, -0.25) is 0 Å². The Balaban J connectivity index is 1.88. The van der Waals surface area contributed by atoms with Crippen molar-refractivity contribution >= 4 is 0 Å². The third-order valence-corrected chi connectivity index (χ3v) is 3.76. The quantitative estimate of drug-likeness (QED) is 0.864. The van der Waals surface area contributed by atoms with E-state index in [4.69, 9.17) is 0 Å². The lowest BCUT2D eigenvalue weighted by molar-refractivity contribution is 0.0589. The maximum absolute atomic E-state index is 10.3. The van der Waals surface area contributed by atoms with E-state index < -0.39 is 0 Å². The molecular formula is C15H23NO. The molecule has 1 aliphatic rings. The van der Waals surface area contributed by atoms with Crippen LogP contribution in [0.1, 0.15) is 37.9 Å². The molecule has 0 bridgehead atoms. The van der Waals surface area contributed by atoms with Crippen molar-refractivity contribution in [3.05, 3.63) is 35.9 Å². The van der Waals surface area contributed by atoms with Crippen molar-refractivity contribution in [1.29, 1.82) is 0 Å². The van der Waals surface area contributed by atoms with Gasteiger partial charge in [-0.25, -0.2) is 0 Å². The zero-order chi connectivity index (χ0) is 12.1. The van der Waals surface area contributed by atoms with Crippen molar-refractivity contribution in [3.63, 3.8) is 0 Å². The van der Waals surface area contributed by atoms with Gasteiger partial charge >= 0.3 is 0 Å². The van der Waals surface area contributed by atoms with Gasteiger partial charge in [0.05, 0.1) is 6.10 Å². The first-order valence-electron chi connectivity index (χ1n) is 6.76. The van der Waals surface area contributed by atoms with E-state index >= 15 is 0 Å². The van der Waals surface area contributed by atoms with E-state index in [1.807, 2.05) is 30.3 Å². The summed E-state index contributed by atoms with van der Waals surface area (Å²) in [6.07, 6.45) is 3.19. The van der Waals surface area contributed by atoms with Gasteiger partial charge in [-0.15, -0.1) is 0 Å². The maximum Gasteiger partial charge on any atom is 0.0819 e. The molecule has 1 heterocycles. The smallest absolute Gasteiger partial charge is 0.0819 e. The molecule has 1 atom stereocenters. The summed E-state index contributed by atoms with van der Waals surface area (Å²) >= 11 is 0. The fourth-order valence-corrected chi connectivity index (χ4v) is 2.73. The summed E-state index contributed by atoms with van der Waals surface area (Å²) in [5, 5.41) is 10.3. The number of aliphatic hydroxyl groups excluding tert-OH is 1. The number of hydrogen-bond acceptors (Lipinski definition) is 2. The van der Waals surface area contributed by atoms with Crippen LogP contribution in [0.5, 0.6) is 0 Å². The lowest BCUT2D eigenvalue weighted by Gasteiger charge is -2.34. The molecule has 0 aliphatic carbocycles. The highest BCUT2D eigenvalue weighted by molar-refractivity contribution is 5.18. The second kappa shape index (κ2) is 6.18. The van der Waals surface area contributed by atoms with Gasteiger partial charge in [0.15, 0.2) is 0 Å². The van der Waals surface area contributed by atoms with Gasteiger partial charge < -0.3 is 10.0 Å². The molecule has 17 heavy (non-hydrogen) atoms. The van der Waals surface area contributed by atoms with Crippen molar-refractivity contribution < 1.29 is 5.11 Å². The van der Waals surface area contributed by atoms with Gasteiger partial charge in [0.2, 0.25) is 0 Å². The Bertz CT molecular complexity index is 317. The number of piperidine rings is 1. The lowest BCUT2D eigenvalue weighted by Crippen LogP contribution is -2.36.